The predicted molar refractivity (Wildman–Crippen MR) is 67.6 cm³/mol. The van der Waals surface area contributed by atoms with Crippen molar-refractivity contribution in [2.45, 2.75) is 63.5 Å². The molecule has 0 bridgehead atoms. The fraction of sp³-hybridized carbons (Fsp3) is 1.00. The van der Waals surface area contributed by atoms with Crippen LogP contribution in [0.5, 0.6) is 0 Å². The largest absolute Gasteiger partial charge is 0.309 e. The Morgan fingerprint density at radius 2 is 1.94 bits per heavy atom. The highest BCUT2D eigenvalue weighted by molar-refractivity contribution is 5.00. The van der Waals surface area contributed by atoms with E-state index in [1.165, 1.54) is 64.6 Å². The van der Waals surface area contributed by atoms with Gasteiger partial charge >= 0.3 is 0 Å². The molecular formula is C14H26N2. The van der Waals surface area contributed by atoms with Gasteiger partial charge in [0.25, 0.3) is 0 Å². The monoisotopic (exact) mass is 222 g/mol. The molecule has 92 valence electrons. The summed E-state index contributed by atoms with van der Waals surface area (Å²) in [5.41, 5.74) is 0.510. The highest BCUT2D eigenvalue weighted by Crippen LogP contribution is 2.36. The first kappa shape index (κ1) is 11.0. The topological polar surface area (TPSA) is 15.3 Å². The first-order valence-corrected chi connectivity index (χ1v) is 7.28. The van der Waals surface area contributed by atoms with Gasteiger partial charge < -0.3 is 5.32 Å². The Hall–Kier alpha value is -0.0800. The first-order valence-electron chi connectivity index (χ1n) is 7.28. The molecule has 1 unspecified atom stereocenters. The Bertz CT molecular complexity index is 241. The Morgan fingerprint density at radius 1 is 1.19 bits per heavy atom. The van der Waals surface area contributed by atoms with Crippen LogP contribution in [-0.4, -0.2) is 36.1 Å². The van der Waals surface area contributed by atoms with Gasteiger partial charge in [-0.3, -0.25) is 4.90 Å². The molecular weight excluding hydrogens is 196 g/mol. The van der Waals surface area contributed by atoms with Crippen molar-refractivity contribution in [2.75, 3.05) is 19.6 Å². The van der Waals surface area contributed by atoms with Crippen molar-refractivity contribution in [3.8, 4) is 0 Å². The number of nitrogens with zero attached hydrogens (tertiary/aromatic N) is 1. The van der Waals surface area contributed by atoms with E-state index in [-0.39, 0.29) is 0 Å². The van der Waals surface area contributed by atoms with E-state index < -0.39 is 0 Å². The summed E-state index contributed by atoms with van der Waals surface area (Å²) in [6.07, 6.45) is 10.2. The average molecular weight is 222 g/mol. The normalized spacial score (nSPS) is 32.8. The van der Waals surface area contributed by atoms with E-state index in [9.17, 15) is 0 Å². The van der Waals surface area contributed by atoms with Gasteiger partial charge in [0.2, 0.25) is 0 Å². The van der Waals surface area contributed by atoms with Crippen LogP contribution in [-0.2, 0) is 0 Å². The number of rotatable bonds is 2. The van der Waals surface area contributed by atoms with Crippen LogP contribution < -0.4 is 5.32 Å². The van der Waals surface area contributed by atoms with Crippen molar-refractivity contribution in [3.63, 3.8) is 0 Å². The minimum absolute atomic E-state index is 0.510. The SMILES string of the molecule is CC(C1CCC1)N1CCNC2(CCCC2)C1. The highest BCUT2D eigenvalue weighted by atomic mass is 15.2. The van der Waals surface area contributed by atoms with Crippen LogP contribution in [0, 0.1) is 5.92 Å². The van der Waals surface area contributed by atoms with Gasteiger partial charge in [-0.05, 0) is 38.5 Å². The number of hydrogen-bond donors (Lipinski definition) is 1. The molecule has 16 heavy (non-hydrogen) atoms. The lowest BCUT2D eigenvalue weighted by Gasteiger charge is -2.47. The molecule has 0 aromatic carbocycles. The standard InChI is InChI=1S/C14H26N2/c1-12(13-5-4-6-13)16-10-9-15-14(11-16)7-2-3-8-14/h12-13,15H,2-11H2,1H3. The van der Waals surface area contributed by atoms with Crippen molar-refractivity contribution < 1.29 is 0 Å². The van der Waals surface area contributed by atoms with E-state index in [0.717, 1.165) is 12.0 Å². The van der Waals surface area contributed by atoms with Gasteiger partial charge in [-0.15, -0.1) is 0 Å². The zero-order valence-corrected chi connectivity index (χ0v) is 10.7. The molecule has 1 spiro atoms. The summed E-state index contributed by atoms with van der Waals surface area (Å²) in [6.45, 7) is 6.29. The van der Waals surface area contributed by atoms with E-state index in [4.69, 9.17) is 0 Å². The maximum atomic E-state index is 3.81. The Kier molecular flexibility index (Phi) is 2.97. The van der Waals surface area contributed by atoms with E-state index >= 15 is 0 Å². The van der Waals surface area contributed by atoms with Crippen molar-refractivity contribution >= 4 is 0 Å². The summed E-state index contributed by atoms with van der Waals surface area (Å²) < 4.78 is 0. The van der Waals surface area contributed by atoms with Crippen LogP contribution in [0.4, 0.5) is 0 Å². The van der Waals surface area contributed by atoms with Gasteiger partial charge in [-0.25, -0.2) is 0 Å². The van der Waals surface area contributed by atoms with Crippen LogP contribution in [0.3, 0.4) is 0 Å². The highest BCUT2D eigenvalue weighted by Gasteiger charge is 2.40. The molecule has 1 aliphatic heterocycles. The minimum atomic E-state index is 0.510. The molecule has 1 atom stereocenters. The molecule has 3 aliphatic rings. The van der Waals surface area contributed by atoms with Gasteiger partial charge in [-0.1, -0.05) is 19.3 Å². The second kappa shape index (κ2) is 4.30. The third kappa shape index (κ3) is 1.91. The average Bonchev–Trinajstić information content (AvgIpc) is 2.64. The predicted octanol–water partition coefficient (Wildman–Crippen LogP) is 2.39. The second-order valence-electron chi connectivity index (χ2n) is 6.32. The smallest absolute Gasteiger partial charge is 0.0309 e. The van der Waals surface area contributed by atoms with Gasteiger partial charge in [0.15, 0.2) is 0 Å². The lowest BCUT2D eigenvalue weighted by atomic mass is 9.79. The second-order valence-corrected chi connectivity index (χ2v) is 6.32. The zero-order valence-electron chi connectivity index (χ0n) is 10.7. The van der Waals surface area contributed by atoms with E-state index in [2.05, 4.69) is 17.1 Å². The van der Waals surface area contributed by atoms with Crippen molar-refractivity contribution in [2.24, 2.45) is 5.92 Å². The third-order valence-electron chi connectivity index (χ3n) is 5.37. The van der Waals surface area contributed by atoms with Crippen LogP contribution in [0.15, 0.2) is 0 Å². The molecule has 2 saturated carbocycles. The van der Waals surface area contributed by atoms with E-state index in [1.807, 2.05) is 0 Å². The lowest BCUT2D eigenvalue weighted by Crippen LogP contribution is -2.61. The molecule has 2 nitrogen and oxygen atoms in total. The number of nitrogens with one attached hydrogen (secondary N) is 1. The van der Waals surface area contributed by atoms with Crippen molar-refractivity contribution in [3.05, 3.63) is 0 Å². The Balaban J connectivity index is 1.62. The molecule has 2 heteroatoms. The van der Waals surface area contributed by atoms with E-state index in [1.54, 1.807) is 0 Å². The third-order valence-corrected chi connectivity index (χ3v) is 5.37. The van der Waals surface area contributed by atoms with Crippen molar-refractivity contribution in [1.29, 1.82) is 0 Å². The summed E-state index contributed by atoms with van der Waals surface area (Å²) in [4.78, 5) is 2.78. The molecule has 2 aliphatic carbocycles. The van der Waals surface area contributed by atoms with Crippen LogP contribution in [0.1, 0.15) is 51.9 Å². The Morgan fingerprint density at radius 3 is 2.56 bits per heavy atom. The molecule has 1 saturated heterocycles. The van der Waals surface area contributed by atoms with Gasteiger partial charge in [-0.2, -0.15) is 0 Å². The van der Waals surface area contributed by atoms with Crippen LogP contribution in [0.2, 0.25) is 0 Å². The zero-order chi connectivity index (χ0) is 11.0. The van der Waals surface area contributed by atoms with Crippen LogP contribution >= 0.6 is 0 Å². The fourth-order valence-corrected chi connectivity index (χ4v) is 3.94. The first-order chi connectivity index (χ1) is 7.79. The maximum Gasteiger partial charge on any atom is 0.0309 e. The molecule has 0 radical (unpaired) electrons. The maximum absolute atomic E-state index is 3.81. The summed E-state index contributed by atoms with van der Waals surface area (Å²) in [7, 11) is 0. The number of piperazine rings is 1. The van der Waals surface area contributed by atoms with Crippen LogP contribution in [0.25, 0.3) is 0 Å². The lowest BCUT2D eigenvalue weighted by molar-refractivity contribution is 0.0508. The minimum Gasteiger partial charge on any atom is -0.309 e. The van der Waals surface area contributed by atoms with Gasteiger partial charge in [0.05, 0.1) is 0 Å². The molecule has 1 N–H and O–H groups in total. The summed E-state index contributed by atoms with van der Waals surface area (Å²) in [5, 5.41) is 3.81. The van der Waals surface area contributed by atoms with E-state index in [0.29, 0.717) is 5.54 Å². The summed E-state index contributed by atoms with van der Waals surface area (Å²) in [6, 6.07) is 0.841. The fourth-order valence-electron chi connectivity index (χ4n) is 3.94. The summed E-state index contributed by atoms with van der Waals surface area (Å²) in [5.74, 6) is 1.01. The molecule has 3 rings (SSSR count). The quantitative estimate of drug-likeness (QED) is 0.772. The van der Waals surface area contributed by atoms with Gasteiger partial charge in [0, 0.05) is 31.2 Å². The van der Waals surface area contributed by atoms with Crippen molar-refractivity contribution in [1.82, 2.24) is 10.2 Å². The molecule has 0 amide bonds. The Labute approximate surface area is 99.8 Å². The number of hydrogen-bond acceptors (Lipinski definition) is 2. The van der Waals surface area contributed by atoms with Gasteiger partial charge in [0.1, 0.15) is 0 Å². The molecule has 1 heterocycles. The molecule has 3 fully saturated rings. The molecule has 0 aromatic rings. The molecule has 0 aromatic heterocycles. The summed E-state index contributed by atoms with van der Waals surface area (Å²) >= 11 is 0.